The Morgan fingerprint density at radius 2 is 1.88 bits per heavy atom. The van der Waals surface area contributed by atoms with E-state index in [1.54, 1.807) is 42.0 Å². The Bertz CT molecular complexity index is 1700. The molecule has 0 bridgehead atoms. The Labute approximate surface area is 235 Å². The average molecular weight is 537 g/mol. The highest BCUT2D eigenvalue weighted by molar-refractivity contribution is 6.09. The zero-order valence-electron chi connectivity index (χ0n) is 23.1. The minimum atomic E-state index is -0.186. The summed E-state index contributed by atoms with van der Waals surface area (Å²) >= 11 is 0. The fourth-order valence-electron chi connectivity index (χ4n) is 5.27. The van der Waals surface area contributed by atoms with Gasteiger partial charge in [-0.25, -0.2) is 0 Å². The van der Waals surface area contributed by atoms with Crippen molar-refractivity contribution in [2.75, 3.05) is 11.9 Å². The van der Waals surface area contributed by atoms with Crippen molar-refractivity contribution in [3.05, 3.63) is 117 Å². The van der Waals surface area contributed by atoms with Gasteiger partial charge in [0, 0.05) is 54.7 Å². The summed E-state index contributed by atoms with van der Waals surface area (Å²) in [6.07, 6.45) is 3.43. The molecular weight excluding hydrogens is 500 g/mol. The second-order valence-corrected chi connectivity index (χ2v) is 10.7. The van der Waals surface area contributed by atoms with E-state index in [0.29, 0.717) is 40.4 Å². The van der Waals surface area contributed by atoms with Crippen LogP contribution in [0.5, 0.6) is 0 Å². The minimum Gasteiger partial charge on any atom is -0.402 e. The normalized spacial score (nSPS) is 14.1. The summed E-state index contributed by atoms with van der Waals surface area (Å²) in [5.74, 6) is -0.186. The molecule has 5 rings (SSSR count). The van der Waals surface area contributed by atoms with Crippen molar-refractivity contribution < 1.29 is 11.0 Å². The third-order valence-corrected chi connectivity index (χ3v) is 7.61. The topological polar surface area (TPSA) is 97.4 Å². The van der Waals surface area contributed by atoms with Gasteiger partial charge < -0.3 is 15.6 Å². The number of amides is 1. The summed E-state index contributed by atoms with van der Waals surface area (Å²) in [7, 11) is 0. The molecule has 40 heavy (non-hydrogen) atoms. The Morgan fingerprint density at radius 3 is 2.62 bits per heavy atom. The van der Waals surface area contributed by atoms with Gasteiger partial charge in [0.05, 0.1) is 6.54 Å². The lowest BCUT2D eigenvalue weighted by Gasteiger charge is -2.32. The molecule has 0 unspecified atom stereocenters. The highest BCUT2D eigenvalue weighted by Gasteiger charge is 2.19. The van der Waals surface area contributed by atoms with E-state index >= 15 is 0 Å². The van der Waals surface area contributed by atoms with E-state index in [2.05, 4.69) is 36.2 Å². The summed E-state index contributed by atoms with van der Waals surface area (Å²) < 4.78 is 1.62. The summed E-state index contributed by atoms with van der Waals surface area (Å²) in [5, 5.41) is 4.31. The van der Waals surface area contributed by atoms with E-state index < -0.39 is 0 Å². The summed E-state index contributed by atoms with van der Waals surface area (Å²) in [5.41, 5.74) is 12.0. The van der Waals surface area contributed by atoms with Gasteiger partial charge in [-0.2, -0.15) is 0 Å². The molecule has 1 aliphatic rings. The molecule has 1 aliphatic heterocycles. The number of fused-ring (bicyclic) bond motifs is 2. The Kier molecular flexibility index (Phi) is 7.67. The first-order valence-corrected chi connectivity index (χ1v) is 13.5. The van der Waals surface area contributed by atoms with Gasteiger partial charge >= 0.3 is 0 Å². The quantitative estimate of drug-likeness (QED) is 0.250. The van der Waals surface area contributed by atoms with Crippen molar-refractivity contribution in [3.8, 4) is 0 Å². The molecule has 0 aliphatic carbocycles. The number of benzene rings is 3. The molecule has 206 valence electrons. The number of pyridine rings is 1. The molecule has 0 spiro atoms. The SMILES string of the molecule is C/C(N)=C(/C=O)c1ccc2c(=O)n(Cc3cccc(C(=O)Nc4ccc5c(c4)CCN(C(C)C)C5)c3)ccc2c1.[HH]. The van der Waals surface area contributed by atoms with Gasteiger partial charge in [-0.15, -0.1) is 0 Å². The van der Waals surface area contributed by atoms with Crippen molar-refractivity contribution in [1.29, 1.82) is 0 Å². The number of nitrogens with zero attached hydrogens (tertiary/aromatic N) is 2. The first kappa shape index (κ1) is 27.1. The Hall–Kier alpha value is -4.49. The number of aromatic nitrogens is 1. The maximum absolute atomic E-state index is 13.2. The van der Waals surface area contributed by atoms with E-state index in [1.165, 1.54) is 11.1 Å². The third kappa shape index (κ3) is 5.60. The van der Waals surface area contributed by atoms with E-state index in [-0.39, 0.29) is 12.9 Å². The number of nitrogens with two attached hydrogens (primary N) is 1. The largest absolute Gasteiger partial charge is 0.402 e. The van der Waals surface area contributed by atoms with Gasteiger partial charge in [-0.1, -0.05) is 24.3 Å². The minimum absolute atomic E-state index is 0. The molecule has 1 aromatic heterocycles. The van der Waals surface area contributed by atoms with Crippen LogP contribution in [0.3, 0.4) is 0 Å². The number of carbonyl (C=O) groups excluding carboxylic acids is 2. The summed E-state index contributed by atoms with van der Waals surface area (Å²) in [6, 6.07) is 21.1. The van der Waals surface area contributed by atoms with Gasteiger partial charge in [-0.3, -0.25) is 19.3 Å². The van der Waals surface area contributed by atoms with E-state index in [0.717, 1.165) is 42.4 Å². The number of anilines is 1. The predicted molar refractivity (Wildman–Crippen MR) is 162 cm³/mol. The second-order valence-electron chi connectivity index (χ2n) is 10.7. The molecule has 7 nitrogen and oxygen atoms in total. The first-order chi connectivity index (χ1) is 19.2. The average Bonchev–Trinajstić information content (AvgIpc) is 2.94. The first-order valence-electron chi connectivity index (χ1n) is 13.5. The lowest BCUT2D eigenvalue weighted by molar-refractivity contribution is -0.103. The van der Waals surface area contributed by atoms with Crippen LogP contribution >= 0.6 is 0 Å². The molecule has 1 amide bonds. The lowest BCUT2D eigenvalue weighted by Crippen LogP contribution is -2.35. The Morgan fingerprint density at radius 1 is 1.05 bits per heavy atom. The third-order valence-electron chi connectivity index (χ3n) is 7.61. The monoisotopic (exact) mass is 536 g/mol. The van der Waals surface area contributed by atoms with Gasteiger partial charge in [-0.05, 0) is 97.3 Å². The fourth-order valence-corrected chi connectivity index (χ4v) is 5.27. The molecule has 4 aromatic rings. The van der Waals surface area contributed by atoms with Crippen LogP contribution in [0.2, 0.25) is 0 Å². The molecule has 7 heteroatoms. The van der Waals surface area contributed by atoms with E-state index in [4.69, 9.17) is 5.73 Å². The van der Waals surface area contributed by atoms with Crippen molar-refractivity contribution in [3.63, 3.8) is 0 Å². The number of hydrogen-bond acceptors (Lipinski definition) is 5. The molecule has 0 radical (unpaired) electrons. The van der Waals surface area contributed by atoms with Crippen molar-refractivity contribution in [2.45, 2.75) is 46.3 Å². The molecular formula is C33H36N4O3. The maximum atomic E-state index is 13.2. The molecule has 0 fully saturated rings. The van der Waals surface area contributed by atoms with E-state index in [9.17, 15) is 14.4 Å². The molecule has 0 saturated heterocycles. The van der Waals surface area contributed by atoms with Crippen LogP contribution in [0.4, 0.5) is 5.69 Å². The number of nitrogens with one attached hydrogen (secondary N) is 1. The molecule has 0 atom stereocenters. The van der Waals surface area contributed by atoms with Crippen LogP contribution in [-0.4, -0.2) is 34.2 Å². The van der Waals surface area contributed by atoms with Crippen molar-refractivity contribution in [2.24, 2.45) is 5.73 Å². The number of rotatable bonds is 7. The predicted octanol–water partition coefficient (Wildman–Crippen LogP) is 5.20. The van der Waals surface area contributed by atoms with Crippen LogP contribution in [0.25, 0.3) is 16.3 Å². The molecule has 3 N–H and O–H groups in total. The maximum Gasteiger partial charge on any atom is 0.258 e. The van der Waals surface area contributed by atoms with Crippen LogP contribution in [-0.2, 0) is 24.3 Å². The zero-order chi connectivity index (χ0) is 28.4. The van der Waals surface area contributed by atoms with Gasteiger partial charge in [0.15, 0.2) is 6.29 Å². The number of carbonyl (C=O) groups is 2. The lowest BCUT2D eigenvalue weighted by atomic mass is 9.98. The number of aldehydes is 1. The standard InChI is InChI=1S/C33H34N4O3.H2/c1-21(2)36-13-11-24-17-29(9-7-28(24)19-36)35-32(39)27-6-4-5-23(15-27)18-37-14-12-26-16-25(31(20-38)22(3)34)8-10-30(26)33(37)40;/h4-10,12,14-17,20-21H,11,13,18-19,34H2,1-3H3,(H,35,39);1H/b31-22+;. The molecule has 0 saturated carbocycles. The summed E-state index contributed by atoms with van der Waals surface area (Å²) in [6.45, 7) is 8.38. The summed E-state index contributed by atoms with van der Waals surface area (Å²) in [4.78, 5) is 40.2. The van der Waals surface area contributed by atoms with Crippen LogP contribution < -0.4 is 16.6 Å². The highest BCUT2D eigenvalue weighted by atomic mass is 16.1. The van der Waals surface area contributed by atoms with E-state index in [1.807, 2.05) is 30.3 Å². The number of allylic oxidation sites excluding steroid dienone is 2. The molecule has 2 heterocycles. The van der Waals surface area contributed by atoms with Gasteiger partial charge in [0.25, 0.3) is 11.5 Å². The van der Waals surface area contributed by atoms with Crippen LogP contribution in [0, 0.1) is 0 Å². The molecule has 3 aromatic carbocycles. The van der Waals surface area contributed by atoms with Crippen molar-refractivity contribution in [1.82, 2.24) is 9.47 Å². The van der Waals surface area contributed by atoms with Crippen LogP contribution in [0.15, 0.2) is 83.4 Å². The number of hydrogen-bond donors (Lipinski definition) is 2. The van der Waals surface area contributed by atoms with Gasteiger partial charge in [0.2, 0.25) is 0 Å². The fraction of sp³-hybridized carbons (Fsp3) is 0.242. The second kappa shape index (κ2) is 11.3. The Balaban J connectivity index is 0.00000387. The van der Waals surface area contributed by atoms with Crippen molar-refractivity contribution >= 4 is 34.2 Å². The van der Waals surface area contributed by atoms with Gasteiger partial charge in [0.1, 0.15) is 0 Å². The highest BCUT2D eigenvalue weighted by Crippen LogP contribution is 2.24. The zero-order valence-corrected chi connectivity index (χ0v) is 23.1. The smallest absolute Gasteiger partial charge is 0.258 e. The van der Waals surface area contributed by atoms with Crippen LogP contribution in [0.1, 0.15) is 54.8 Å².